The molecular formula is C14H22N2O2. The zero-order chi connectivity index (χ0) is 13.0. The van der Waals surface area contributed by atoms with Gasteiger partial charge in [0.05, 0.1) is 6.07 Å². The van der Waals surface area contributed by atoms with Crippen molar-refractivity contribution in [1.82, 2.24) is 4.90 Å². The second-order valence-electron chi connectivity index (χ2n) is 5.50. The zero-order valence-corrected chi connectivity index (χ0v) is 11.2. The van der Waals surface area contributed by atoms with Gasteiger partial charge in [0.1, 0.15) is 5.41 Å². The third kappa shape index (κ3) is 2.51. The first-order valence-electron chi connectivity index (χ1n) is 7.00. The molecule has 2 aliphatic heterocycles. The Morgan fingerprint density at radius 1 is 1.33 bits per heavy atom. The standard InChI is InChI=1S/C14H22N2O2/c1-12-5-3-2-4-8-16(12)13(17)14(11-15)6-9-18-10-7-14/h12H,2-10H2,1H3. The van der Waals surface area contributed by atoms with Gasteiger partial charge < -0.3 is 9.64 Å². The van der Waals surface area contributed by atoms with Gasteiger partial charge in [-0.2, -0.15) is 5.26 Å². The van der Waals surface area contributed by atoms with Gasteiger partial charge in [-0.05, 0) is 32.6 Å². The highest BCUT2D eigenvalue weighted by Gasteiger charge is 2.44. The van der Waals surface area contributed by atoms with E-state index in [4.69, 9.17) is 4.74 Å². The number of nitrogens with zero attached hydrogens (tertiary/aromatic N) is 2. The van der Waals surface area contributed by atoms with Crippen LogP contribution in [0.15, 0.2) is 0 Å². The van der Waals surface area contributed by atoms with E-state index in [2.05, 4.69) is 13.0 Å². The summed E-state index contributed by atoms with van der Waals surface area (Å²) >= 11 is 0. The van der Waals surface area contributed by atoms with Crippen molar-refractivity contribution in [2.45, 2.75) is 51.5 Å². The average Bonchev–Trinajstić information content (AvgIpc) is 2.63. The van der Waals surface area contributed by atoms with Crippen LogP contribution in [0.5, 0.6) is 0 Å². The Labute approximate surface area is 109 Å². The quantitative estimate of drug-likeness (QED) is 0.716. The van der Waals surface area contributed by atoms with Gasteiger partial charge in [0.15, 0.2) is 0 Å². The van der Waals surface area contributed by atoms with Crippen LogP contribution in [0.2, 0.25) is 0 Å². The SMILES string of the molecule is CC1CCCCCN1C(=O)C1(C#N)CCOCC1. The number of hydrogen-bond acceptors (Lipinski definition) is 3. The summed E-state index contributed by atoms with van der Waals surface area (Å²) < 4.78 is 5.29. The molecule has 0 N–H and O–H groups in total. The van der Waals surface area contributed by atoms with E-state index in [-0.39, 0.29) is 11.9 Å². The number of ether oxygens (including phenoxy) is 1. The van der Waals surface area contributed by atoms with Crippen LogP contribution in [-0.4, -0.2) is 36.6 Å². The lowest BCUT2D eigenvalue weighted by atomic mass is 9.80. The molecule has 0 bridgehead atoms. The van der Waals surface area contributed by atoms with Crippen molar-refractivity contribution in [3.8, 4) is 6.07 Å². The number of carbonyl (C=O) groups is 1. The van der Waals surface area contributed by atoms with Gasteiger partial charge in [0, 0.05) is 25.8 Å². The van der Waals surface area contributed by atoms with Crippen molar-refractivity contribution in [2.24, 2.45) is 5.41 Å². The predicted molar refractivity (Wildman–Crippen MR) is 67.7 cm³/mol. The maximum Gasteiger partial charge on any atom is 0.243 e. The van der Waals surface area contributed by atoms with Gasteiger partial charge in [-0.15, -0.1) is 0 Å². The molecular weight excluding hydrogens is 228 g/mol. The number of likely N-dealkylation sites (tertiary alicyclic amines) is 1. The molecule has 1 unspecified atom stereocenters. The predicted octanol–water partition coefficient (Wildman–Crippen LogP) is 2.10. The minimum absolute atomic E-state index is 0.0442. The lowest BCUT2D eigenvalue weighted by Gasteiger charge is -2.37. The third-order valence-electron chi connectivity index (χ3n) is 4.28. The molecule has 2 rings (SSSR count). The Kier molecular flexibility index (Phi) is 4.23. The summed E-state index contributed by atoms with van der Waals surface area (Å²) in [4.78, 5) is 14.7. The summed E-state index contributed by atoms with van der Waals surface area (Å²) in [5, 5.41) is 9.45. The second kappa shape index (κ2) is 5.71. The molecule has 2 fully saturated rings. The molecule has 1 atom stereocenters. The number of hydrogen-bond donors (Lipinski definition) is 0. The van der Waals surface area contributed by atoms with E-state index in [1.165, 1.54) is 12.8 Å². The molecule has 0 aromatic heterocycles. The summed E-state index contributed by atoms with van der Waals surface area (Å²) in [7, 11) is 0. The molecule has 2 saturated heterocycles. The van der Waals surface area contributed by atoms with Gasteiger partial charge in [-0.1, -0.05) is 12.8 Å². The largest absolute Gasteiger partial charge is 0.381 e. The molecule has 0 spiro atoms. The smallest absolute Gasteiger partial charge is 0.243 e. The van der Waals surface area contributed by atoms with Gasteiger partial charge >= 0.3 is 0 Å². The topological polar surface area (TPSA) is 53.3 Å². The fourth-order valence-corrected chi connectivity index (χ4v) is 2.94. The summed E-state index contributed by atoms with van der Waals surface area (Å²) in [6, 6.07) is 2.56. The lowest BCUT2D eigenvalue weighted by Crippen LogP contribution is -2.49. The maximum atomic E-state index is 12.7. The van der Waals surface area contributed by atoms with Crippen molar-refractivity contribution < 1.29 is 9.53 Å². The van der Waals surface area contributed by atoms with E-state index in [0.29, 0.717) is 26.1 Å². The third-order valence-corrected chi connectivity index (χ3v) is 4.28. The van der Waals surface area contributed by atoms with Crippen LogP contribution in [0.3, 0.4) is 0 Å². The summed E-state index contributed by atoms with van der Waals surface area (Å²) in [5.41, 5.74) is -0.823. The number of rotatable bonds is 1. The van der Waals surface area contributed by atoms with E-state index in [9.17, 15) is 10.1 Å². The van der Waals surface area contributed by atoms with Crippen molar-refractivity contribution in [2.75, 3.05) is 19.8 Å². The molecule has 0 saturated carbocycles. The Morgan fingerprint density at radius 3 is 2.72 bits per heavy atom. The van der Waals surface area contributed by atoms with Crippen molar-refractivity contribution >= 4 is 5.91 Å². The first-order valence-corrected chi connectivity index (χ1v) is 7.00. The highest BCUT2D eigenvalue weighted by atomic mass is 16.5. The number of amides is 1. The first kappa shape index (κ1) is 13.4. The second-order valence-corrected chi connectivity index (χ2v) is 5.50. The van der Waals surface area contributed by atoms with Crippen molar-refractivity contribution in [3.05, 3.63) is 0 Å². The molecule has 2 aliphatic rings. The number of carbonyl (C=O) groups excluding carboxylic acids is 1. The van der Waals surface area contributed by atoms with E-state index in [0.717, 1.165) is 19.4 Å². The summed E-state index contributed by atoms with van der Waals surface area (Å²) in [5.74, 6) is 0.0442. The van der Waals surface area contributed by atoms with Crippen LogP contribution in [0.4, 0.5) is 0 Å². The highest BCUT2D eigenvalue weighted by molar-refractivity contribution is 5.86. The first-order chi connectivity index (χ1) is 8.69. The van der Waals surface area contributed by atoms with Crippen molar-refractivity contribution in [1.29, 1.82) is 5.26 Å². The van der Waals surface area contributed by atoms with Crippen molar-refractivity contribution in [3.63, 3.8) is 0 Å². The van der Waals surface area contributed by atoms with Crippen LogP contribution < -0.4 is 0 Å². The summed E-state index contributed by atoms with van der Waals surface area (Å²) in [6.07, 6.45) is 5.60. The van der Waals surface area contributed by atoms with E-state index < -0.39 is 5.41 Å². The fourth-order valence-electron chi connectivity index (χ4n) is 2.94. The molecule has 4 nitrogen and oxygen atoms in total. The molecule has 0 aliphatic carbocycles. The zero-order valence-electron chi connectivity index (χ0n) is 11.2. The normalized spacial score (nSPS) is 28.2. The van der Waals surface area contributed by atoms with E-state index >= 15 is 0 Å². The highest BCUT2D eigenvalue weighted by Crippen LogP contribution is 2.33. The van der Waals surface area contributed by atoms with Crippen LogP contribution in [0.1, 0.15) is 45.4 Å². The maximum absolute atomic E-state index is 12.7. The molecule has 4 heteroatoms. The van der Waals surface area contributed by atoms with Crippen LogP contribution in [-0.2, 0) is 9.53 Å². The van der Waals surface area contributed by atoms with Gasteiger partial charge in [0.25, 0.3) is 0 Å². The molecule has 100 valence electrons. The van der Waals surface area contributed by atoms with Gasteiger partial charge in [-0.25, -0.2) is 0 Å². The van der Waals surface area contributed by atoms with Gasteiger partial charge in [-0.3, -0.25) is 4.79 Å². The molecule has 0 radical (unpaired) electrons. The monoisotopic (exact) mass is 250 g/mol. The molecule has 18 heavy (non-hydrogen) atoms. The van der Waals surface area contributed by atoms with Gasteiger partial charge in [0.2, 0.25) is 5.91 Å². The minimum Gasteiger partial charge on any atom is -0.381 e. The minimum atomic E-state index is -0.823. The Bertz CT molecular complexity index is 342. The van der Waals surface area contributed by atoms with E-state index in [1.54, 1.807) is 0 Å². The average molecular weight is 250 g/mol. The lowest BCUT2D eigenvalue weighted by molar-refractivity contribution is -0.145. The molecule has 1 amide bonds. The number of nitriles is 1. The van der Waals surface area contributed by atoms with Crippen LogP contribution in [0, 0.1) is 16.7 Å². The Morgan fingerprint density at radius 2 is 2.06 bits per heavy atom. The molecule has 0 aromatic rings. The van der Waals surface area contributed by atoms with E-state index in [1.807, 2.05) is 4.90 Å². The van der Waals surface area contributed by atoms with Crippen LogP contribution >= 0.6 is 0 Å². The summed E-state index contributed by atoms with van der Waals surface area (Å²) in [6.45, 7) is 3.97. The fraction of sp³-hybridized carbons (Fsp3) is 0.857. The van der Waals surface area contributed by atoms with Crippen LogP contribution in [0.25, 0.3) is 0 Å². The Hall–Kier alpha value is -1.08. The Balaban J connectivity index is 2.14. The molecule has 0 aromatic carbocycles. The molecule has 2 heterocycles.